The molecule has 0 aromatic heterocycles. The number of carbonyl (C=O) groups excluding carboxylic acids is 1. The molecular weight excluding hydrogens is 254 g/mol. The Morgan fingerprint density at radius 3 is 2.45 bits per heavy atom. The number of hydrogen-bond donors (Lipinski definition) is 2. The van der Waals surface area contributed by atoms with E-state index >= 15 is 0 Å². The molecule has 0 aliphatic rings. The van der Waals surface area contributed by atoms with Crippen LogP contribution in [0.3, 0.4) is 0 Å². The van der Waals surface area contributed by atoms with Crippen molar-refractivity contribution in [3.8, 4) is 11.8 Å². The van der Waals surface area contributed by atoms with Crippen molar-refractivity contribution in [2.45, 2.75) is 0 Å². The zero-order chi connectivity index (χ0) is 14.4. The molecule has 0 saturated heterocycles. The van der Waals surface area contributed by atoms with Crippen LogP contribution in [0, 0.1) is 11.3 Å². The highest BCUT2D eigenvalue weighted by molar-refractivity contribution is 5.99. The summed E-state index contributed by atoms with van der Waals surface area (Å²) in [5.74, 6) is 0.668. The molecule has 2 aromatic rings. The zero-order valence-electron chi connectivity index (χ0n) is 10.9. The van der Waals surface area contributed by atoms with Crippen LogP contribution in [0.15, 0.2) is 48.5 Å². The monoisotopic (exact) mass is 267 g/mol. The van der Waals surface area contributed by atoms with E-state index in [4.69, 9.17) is 10.00 Å². The molecule has 2 rings (SSSR count). The Kier molecular flexibility index (Phi) is 4.20. The van der Waals surface area contributed by atoms with Crippen LogP contribution in [0.1, 0.15) is 5.56 Å². The standard InChI is InChI=1S/C15H13N3O2/c1-20-14-4-2-3-13(9-14)18-15(19)17-12-7-5-11(10-16)6-8-12/h2-9H,1H3,(H2,17,18,19). The molecule has 0 aliphatic heterocycles. The summed E-state index contributed by atoms with van der Waals surface area (Å²) in [4.78, 5) is 11.8. The average Bonchev–Trinajstić information content (AvgIpc) is 2.48. The molecule has 0 aliphatic carbocycles. The van der Waals surface area contributed by atoms with Crippen LogP contribution >= 0.6 is 0 Å². The average molecular weight is 267 g/mol. The Bertz CT molecular complexity index is 645. The third-order valence-corrected chi connectivity index (χ3v) is 2.60. The molecule has 5 heteroatoms. The molecule has 0 radical (unpaired) electrons. The number of nitrogens with zero attached hydrogens (tertiary/aromatic N) is 1. The van der Waals surface area contributed by atoms with Crippen molar-refractivity contribution in [1.82, 2.24) is 0 Å². The highest BCUT2D eigenvalue weighted by Crippen LogP contribution is 2.17. The number of hydrogen-bond acceptors (Lipinski definition) is 3. The van der Waals surface area contributed by atoms with Crippen LogP contribution in [-0.4, -0.2) is 13.1 Å². The molecule has 100 valence electrons. The van der Waals surface area contributed by atoms with Crippen molar-refractivity contribution in [2.75, 3.05) is 17.7 Å². The second kappa shape index (κ2) is 6.25. The molecule has 0 atom stereocenters. The van der Waals surface area contributed by atoms with Gasteiger partial charge in [-0.2, -0.15) is 5.26 Å². The van der Waals surface area contributed by atoms with Gasteiger partial charge in [0.25, 0.3) is 0 Å². The van der Waals surface area contributed by atoms with E-state index in [9.17, 15) is 4.79 Å². The summed E-state index contributed by atoms with van der Waals surface area (Å²) in [5, 5.41) is 14.1. The van der Waals surface area contributed by atoms with E-state index in [0.717, 1.165) is 0 Å². The summed E-state index contributed by atoms with van der Waals surface area (Å²) in [6.45, 7) is 0. The maximum Gasteiger partial charge on any atom is 0.323 e. The summed E-state index contributed by atoms with van der Waals surface area (Å²) in [6, 6.07) is 15.3. The number of urea groups is 1. The number of anilines is 2. The minimum absolute atomic E-state index is 0.358. The van der Waals surface area contributed by atoms with E-state index in [1.165, 1.54) is 0 Å². The van der Waals surface area contributed by atoms with Crippen LogP contribution in [-0.2, 0) is 0 Å². The van der Waals surface area contributed by atoms with Crippen LogP contribution < -0.4 is 15.4 Å². The molecule has 0 unspecified atom stereocenters. The quantitative estimate of drug-likeness (QED) is 0.896. The third kappa shape index (κ3) is 3.50. The third-order valence-electron chi connectivity index (χ3n) is 2.60. The minimum atomic E-state index is -0.358. The Morgan fingerprint density at radius 1 is 1.10 bits per heavy atom. The number of benzene rings is 2. The van der Waals surface area contributed by atoms with Gasteiger partial charge >= 0.3 is 6.03 Å². The predicted octanol–water partition coefficient (Wildman–Crippen LogP) is 3.21. The molecule has 0 bridgehead atoms. The largest absolute Gasteiger partial charge is 0.497 e. The van der Waals surface area contributed by atoms with Crippen molar-refractivity contribution >= 4 is 17.4 Å². The Labute approximate surface area is 116 Å². The van der Waals surface area contributed by atoms with Gasteiger partial charge in [-0.25, -0.2) is 4.79 Å². The molecule has 2 amide bonds. The highest BCUT2D eigenvalue weighted by atomic mass is 16.5. The number of carbonyl (C=O) groups is 1. The van der Waals surface area contributed by atoms with Gasteiger partial charge in [0.05, 0.1) is 18.7 Å². The normalized spacial score (nSPS) is 9.40. The van der Waals surface area contributed by atoms with E-state index < -0.39 is 0 Å². The fourth-order valence-corrected chi connectivity index (χ4v) is 1.62. The first-order chi connectivity index (χ1) is 9.71. The Balaban J connectivity index is 1.99. The number of rotatable bonds is 3. The van der Waals surface area contributed by atoms with E-state index in [-0.39, 0.29) is 6.03 Å². The topological polar surface area (TPSA) is 74.2 Å². The van der Waals surface area contributed by atoms with Crippen LogP contribution in [0.2, 0.25) is 0 Å². The maximum absolute atomic E-state index is 11.8. The lowest BCUT2D eigenvalue weighted by molar-refractivity contribution is 0.262. The molecular formula is C15H13N3O2. The van der Waals surface area contributed by atoms with Gasteiger partial charge in [-0.1, -0.05) is 6.07 Å². The summed E-state index contributed by atoms with van der Waals surface area (Å²) < 4.78 is 5.08. The number of nitrogens with one attached hydrogen (secondary N) is 2. The number of ether oxygens (including phenoxy) is 1. The predicted molar refractivity (Wildman–Crippen MR) is 76.8 cm³/mol. The second-order valence-corrected chi connectivity index (χ2v) is 4.00. The lowest BCUT2D eigenvalue weighted by Crippen LogP contribution is -2.19. The van der Waals surface area contributed by atoms with Gasteiger partial charge in [0.15, 0.2) is 0 Å². The Hall–Kier alpha value is -3.00. The first-order valence-electron chi connectivity index (χ1n) is 5.93. The molecule has 0 saturated carbocycles. The van der Waals surface area contributed by atoms with E-state index in [1.807, 2.05) is 6.07 Å². The molecule has 0 spiro atoms. The molecule has 20 heavy (non-hydrogen) atoms. The fraction of sp³-hybridized carbons (Fsp3) is 0.0667. The highest BCUT2D eigenvalue weighted by Gasteiger charge is 2.03. The van der Waals surface area contributed by atoms with Gasteiger partial charge in [-0.05, 0) is 36.4 Å². The van der Waals surface area contributed by atoms with Crippen molar-refractivity contribution in [1.29, 1.82) is 5.26 Å². The molecule has 2 aromatic carbocycles. The van der Waals surface area contributed by atoms with Gasteiger partial charge in [0.2, 0.25) is 0 Å². The van der Waals surface area contributed by atoms with Gasteiger partial charge in [-0.15, -0.1) is 0 Å². The number of methoxy groups -OCH3 is 1. The maximum atomic E-state index is 11.8. The van der Waals surface area contributed by atoms with Crippen molar-refractivity contribution < 1.29 is 9.53 Å². The minimum Gasteiger partial charge on any atom is -0.497 e. The van der Waals surface area contributed by atoms with E-state index in [2.05, 4.69) is 10.6 Å². The summed E-state index contributed by atoms with van der Waals surface area (Å²) >= 11 is 0. The first-order valence-corrected chi connectivity index (χ1v) is 5.93. The van der Waals surface area contributed by atoms with Crippen LogP contribution in [0.25, 0.3) is 0 Å². The van der Waals surface area contributed by atoms with Crippen molar-refractivity contribution in [3.05, 3.63) is 54.1 Å². The van der Waals surface area contributed by atoms with E-state index in [0.29, 0.717) is 22.7 Å². The lowest BCUT2D eigenvalue weighted by Gasteiger charge is -2.08. The van der Waals surface area contributed by atoms with Gasteiger partial charge in [-0.3, -0.25) is 0 Å². The Morgan fingerprint density at radius 2 is 1.80 bits per heavy atom. The molecule has 0 heterocycles. The van der Waals surface area contributed by atoms with Gasteiger partial charge in [0.1, 0.15) is 5.75 Å². The van der Waals surface area contributed by atoms with Crippen LogP contribution in [0.5, 0.6) is 5.75 Å². The lowest BCUT2D eigenvalue weighted by atomic mass is 10.2. The molecule has 0 fully saturated rings. The number of amides is 2. The SMILES string of the molecule is COc1cccc(NC(=O)Nc2ccc(C#N)cc2)c1. The van der Waals surface area contributed by atoms with Gasteiger partial charge < -0.3 is 15.4 Å². The molecule has 2 N–H and O–H groups in total. The van der Waals surface area contributed by atoms with Crippen molar-refractivity contribution in [3.63, 3.8) is 0 Å². The summed E-state index contributed by atoms with van der Waals surface area (Å²) in [7, 11) is 1.57. The van der Waals surface area contributed by atoms with Crippen LogP contribution in [0.4, 0.5) is 16.2 Å². The second-order valence-electron chi connectivity index (χ2n) is 4.00. The summed E-state index contributed by atoms with van der Waals surface area (Å²) in [6.07, 6.45) is 0. The van der Waals surface area contributed by atoms with E-state index in [1.54, 1.807) is 55.6 Å². The fourth-order valence-electron chi connectivity index (χ4n) is 1.62. The van der Waals surface area contributed by atoms with Crippen molar-refractivity contribution in [2.24, 2.45) is 0 Å². The number of nitriles is 1. The zero-order valence-corrected chi connectivity index (χ0v) is 10.9. The molecule has 5 nitrogen and oxygen atoms in total. The van der Waals surface area contributed by atoms with Gasteiger partial charge in [0, 0.05) is 17.4 Å². The summed E-state index contributed by atoms with van der Waals surface area (Å²) in [5.41, 5.74) is 1.80. The smallest absolute Gasteiger partial charge is 0.323 e. The first kappa shape index (κ1) is 13.4.